The van der Waals surface area contributed by atoms with Gasteiger partial charge in [0, 0.05) is 18.8 Å². The molecule has 1 aliphatic rings. The number of rotatable bonds is 6. The number of hydrogen-bond donors (Lipinski definition) is 1. The second-order valence-corrected chi connectivity index (χ2v) is 8.42. The quantitative estimate of drug-likeness (QED) is 0.694. The van der Waals surface area contributed by atoms with E-state index in [1.807, 2.05) is 60.7 Å². The first kappa shape index (κ1) is 23.0. The van der Waals surface area contributed by atoms with E-state index in [2.05, 4.69) is 5.32 Å². The van der Waals surface area contributed by atoms with Crippen LogP contribution in [0.25, 0.3) is 0 Å². The number of carbonyl (C=O) groups excluding carboxylic acids is 4. The van der Waals surface area contributed by atoms with Crippen LogP contribution in [0.2, 0.25) is 0 Å². The molecular weight excluding hydrogens is 412 g/mol. The van der Waals surface area contributed by atoms with Gasteiger partial charge in [-0.25, -0.2) is 9.59 Å². The molecule has 1 fully saturated rings. The van der Waals surface area contributed by atoms with Crippen LogP contribution in [0.4, 0.5) is 4.79 Å². The minimum atomic E-state index is -1.27. The summed E-state index contributed by atoms with van der Waals surface area (Å²) in [4.78, 5) is 55.0. The molecule has 8 nitrogen and oxygen atoms in total. The molecule has 2 aromatic rings. The molecule has 0 radical (unpaired) electrons. The molecule has 1 atom stereocenters. The van der Waals surface area contributed by atoms with Gasteiger partial charge < -0.3 is 14.9 Å². The number of hydroxylamine groups is 2. The molecule has 3 amide bonds. The Kier molecular flexibility index (Phi) is 6.92. The molecule has 1 unspecified atom stereocenters. The number of imide groups is 1. The smallest absolute Gasteiger partial charge is 0.408 e. The Morgan fingerprint density at radius 3 is 1.78 bits per heavy atom. The molecule has 0 spiro atoms. The lowest BCUT2D eigenvalue weighted by atomic mass is 9.85. The number of carbonyl (C=O) groups is 4. The molecular formula is C24H26N2O6. The predicted molar refractivity (Wildman–Crippen MR) is 115 cm³/mol. The van der Waals surface area contributed by atoms with E-state index >= 15 is 0 Å². The average Bonchev–Trinajstić information content (AvgIpc) is 3.05. The maximum Gasteiger partial charge on any atom is 0.408 e. The molecule has 1 N–H and O–H groups in total. The van der Waals surface area contributed by atoms with E-state index in [1.165, 1.54) is 0 Å². The van der Waals surface area contributed by atoms with Crippen molar-refractivity contribution in [3.63, 3.8) is 0 Å². The molecule has 8 heteroatoms. The van der Waals surface area contributed by atoms with Crippen LogP contribution in [0, 0.1) is 0 Å². The summed E-state index contributed by atoms with van der Waals surface area (Å²) in [6, 6.07) is 16.9. The Morgan fingerprint density at radius 2 is 1.34 bits per heavy atom. The first-order chi connectivity index (χ1) is 15.2. The summed E-state index contributed by atoms with van der Waals surface area (Å²) in [7, 11) is 0. The van der Waals surface area contributed by atoms with Gasteiger partial charge in [-0.1, -0.05) is 60.7 Å². The molecule has 0 aromatic heterocycles. The second-order valence-electron chi connectivity index (χ2n) is 8.42. The Morgan fingerprint density at radius 1 is 0.875 bits per heavy atom. The number of ether oxygens (including phenoxy) is 1. The topological polar surface area (TPSA) is 102 Å². The molecule has 0 bridgehead atoms. The van der Waals surface area contributed by atoms with Crippen molar-refractivity contribution in [2.24, 2.45) is 0 Å². The fraction of sp³-hybridized carbons (Fsp3) is 0.333. The standard InChI is InChI=1S/C24H26N2O6/c1-24(2,3)31-23(30)25-21(22(29)32-26-18(27)14-15-19(26)28)20(16-10-6-4-7-11-16)17-12-8-5-9-13-17/h4-13,20-21H,14-15H2,1-3H3,(H,25,30). The van der Waals surface area contributed by atoms with Crippen LogP contribution in [0.1, 0.15) is 50.7 Å². The molecule has 32 heavy (non-hydrogen) atoms. The first-order valence-corrected chi connectivity index (χ1v) is 10.3. The van der Waals surface area contributed by atoms with Gasteiger partial charge in [0.05, 0.1) is 0 Å². The monoisotopic (exact) mass is 438 g/mol. The van der Waals surface area contributed by atoms with E-state index in [-0.39, 0.29) is 12.8 Å². The number of nitrogens with zero attached hydrogens (tertiary/aromatic N) is 1. The summed E-state index contributed by atoms with van der Waals surface area (Å²) in [5.41, 5.74) is 0.667. The minimum absolute atomic E-state index is 0.0307. The largest absolute Gasteiger partial charge is 0.444 e. The molecule has 1 saturated heterocycles. The highest BCUT2D eigenvalue weighted by Gasteiger charge is 2.40. The van der Waals surface area contributed by atoms with Gasteiger partial charge in [0.2, 0.25) is 0 Å². The second kappa shape index (κ2) is 9.64. The van der Waals surface area contributed by atoms with E-state index in [0.29, 0.717) is 5.06 Å². The van der Waals surface area contributed by atoms with Crippen molar-refractivity contribution in [3.8, 4) is 0 Å². The molecule has 168 valence electrons. The van der Waals surface area contributed by atoms with Crippen LogP contribution < -0.4 is 5.32 Å². The zero-order valence-electron chi connectivity index (χ0n) is 18.2. The van der Waals surface area contributed by atoms with Gasteiger partial charge in [-0.2, -0.15) is 0 Å². The summed E-state index contributed by atoms with van der Waals surface area (Å²) >= 11 is 0. The lowest BCUT2D eigenvalue weighted by Crippen LogP contribution is -2.50. The van der Waals surface area contributed by atoms with Crippen LogP contribution >= 0.6 is 0 Å². The van der Waals surface area contributed by atoms with E-state index < -0.39 is 41.4 Å². The number of nitrogens with one attached hydrogen (secondary N) is 1. The van der Waals surface area contributed by atoms with Crippen LogP contribution in [-0.4, -0.2) is 40.6 Å². The van der Waals surface area contributed by atoms with Crippen molar-refractivity contribution in [1.82, 2.24) is 10.4 Å². The van der Waals surface area contributed by atoms with E-state index in [9.17, 15) is 19.2 Å². The lowest BCUT2D eigenvalue weighted by molar-refractivity contribution is -0.199. The highest BCUT2D eigenvalue weighted by atomic mass is 16.7. The molecule has 1 aliphatic heterocycles. The van der Waals surface area contributed by atoms with E-state index in [0.717, 1.165) is 11.1 Å². The number of benzene rings is 2. The average molecular weight is 438 g/mol. The van der Waals surface area contributed by atoms with Crippen molar-refractivity contribution < 1.29 is 28.8 Å². The summed E-state index contributed by atoms with van der Waals surface area (Å²) in [5.74, 6) is -2.81. The van der Waals surface area contributed by atoms with Gasteiger partial charge in [-0.3, -0.25) is 9.59 Å². The van der Waals surface area contributed by atoms with E-state index in [1.54, 1.807) is 20.8 Å². The Bertz CT molecular complexity index is 929. The SMILES string of the molecule is CC(C)(C)OC(=O)NC(C(=O)ON1C(=O)CCC1=O)C(c1ccccc1)c1ccccc1. The normalized spacial score (nSPS) is 14.9. The number of hydrogen-bond acceptors (Lipinski definition) is 6. The van der Waals surface area contributed by atoms with Crippen molar-refractivity contribution in [3.05, 3.63) is 71.8 Å². The maximum absolute atomic E-state index is 13.2. The number of amides is 3. The van der Waals surface area contributed by atoms with E-state index in [4.69, 9.17) is 9.57 Å². The molecule has 1 heterocycles. The number of alkyl carbamates (subject to hydrolysis) is 1. The molecule has 0 aliphatic carbocycles. The van der Waals surface area contributed by atoms with Crippen LogP contribution in [-0.2, 0) is 24.0 Å². The summed E-state index contributed by atoms with van der Waals surface area (Å²) in [6.45, 7) is 5.11. The van der Waals surface area contributed by atoms with Gasteiger partial charge in [-0.05, 0) is 31.9 Å². The van der Waals surface area contributed by atoms with Crippen molar-refractivity contribution in [2.75, 3.05) is 0 Å². The molecule has 0 saturated carbocycles. The Hall–Kier alpha value is -3.68. The fourth-order valence-corrected chi connectivity index (χ4v) is 3.42. The summed E-state index contributed by atoms with van der Waals surface area (Å²) < 4.78 is 5.35. The third-order valence-electron chi connectivity index (χ3n) is 4.76. The highest BCUT2D eigenvalue weighted by molar-refractivity contribution is 6.02. The minimum Gasteiger partial charge on any atom is -0.444 e. The Balaban J connectivity index is 1.99. The zero-order valence-corrected chi connectivity index (χ0v) is 18.2. The lowest BCUT2D eigenvalue weighted by Gasteiger charge is -2.29. The third-order valence-corrected chi connectivity index (χ3v) is 4.76. The Labute approximate surface area is 186 Å². The van der Waals surface area contributed by atoms with Crippen LogP contribution in [0.15, 0.2) is 60.7 Å². The van der Waals surface area contributed by atoms with Crippen LogP contribution in [0.5, 0.6) is 0 Å². The molecule has 3 rings (SSSR count). The third kappa shape index (κ3) is 5.72. The highest BCUT2D eigenvalue weighted by Crippen LogP contribution is 2.30. The first-order valence-electron chi connectivity index (χ1n) is 10.3. The maximum atomic E-state index is 13.2. The summed E-state index contributed by atoms with van der Waals surface area (Å²) in [5, 5.41) is 3.06. The van der Waals surface area contributed by atoms with Crippen molar-refractivity contribution in [1.29, 1.82) is 0 Å². The fourth-order valence-electron chi connectivity index (χ4n) is 3.42. The van der Waals surface area contributed by atoms with Gasteiger partial charge in [0.15, 0.2) is 0 Å². The van der Waals surface area contributed by atoms with Crippen molar-refractivity contribution in [2.45, 2.75) is 51.2 Å². The summed E-state index contributed by atoms with van der Waals surface area (Å²) in [6.07, 6.45) is -0.885. The van der Waals surface area contributed by atoms with Gasteiger partial charge >= 0.3 is 12.1 Å². The zero-order chi connectivity index (χ0) is 23.3. The molecule has 2 aromatic carbocycles. The van der Waals surface area contributed by atoms with Gasteiger partial charge in [0.25, 0.3) is 11.8 Å². The van der Waals surface area contributed by atoms with Gasteiger partial charge in [-0.15, -0.1) is 5.06 Å². The van der Waals surface area contributed by atoms with Crippen molar-refractivity contribution >= 4 is 23.9 Å². The predicted octanol–water partition coefficient (Wildman–Crippen LogP) is 3.32. The van der Waals surface area contributed by atoms with Gasteiger partial charge in [0.1, 0.15) is 11.6 Å². The van der Waals surface area contributed by atoms with Crippen LogP contribution in [0.3, 0.4) is 0 Å².